The summed E-state index contributed by atoms with van der Waals surface area (Å²) in [6.07, 6.45) is 1.09. The molecule has 0 aliphatic carbocycles. The lowest BCUT2D eigenvalue weighted by atomic mass is 10.2. The Labute approximate surface area is 125 Å². The molecule has 0 aliphatic heterocycles. The van der Waals surface area contributed by atoms with E-state index in [2.05, 4.69) is 15.6 Å². The van der Waals surface area contributed by atoms with Crippen molar-refractivity contribution in [2.24, 2.45) is 0 Å². The van der Waals surface area contributed by atoms with Crippen LogP contribution in [0.1, 0.15) is 11.3 Å². The second-order valence-electron chi connectivity index (χ2n) is 4.46. The van der Waals surface area contributed by atoms with Crippen molar-refractivity contribution < 1.29 is 14.7 Å². The van der Waals surface area contributed by atoms with Gasteiger partial charge in [-0.1, -0.05) is 22.9 Å². The van der Waals surface area contributed by atoms with E-state index < -0.39 is 5.97 Å². The van der Waals surface area contributed by atoms with Gasteiger partial charge < -0.3 is 10.4 Å². The molecule has 1 amide bonds. The van der Waals surface area contributed by atoms with Gasteiger partial charge in [0.25, 0.3) is 0 Å². The van der Waals surface area contributed by atoms with E-state index in [9.17, 15) is 9.59 Å². The molecule has 2 rings (SSSR count). The van der Waals surface area contributed by atoms with Gasteiger partial charge >= 0.3 is 5.97 Å². The highest BCUT2D eigenvalue weighted by molar-refractivity contribution is 6.31. The Kier molecular flexibility index (Phi) is 4.54. The summed E-state index contributed by atoms with van der Waals surface area (Å²) in [5.74, 6) is -1.35. The molecule has 0 bridgehead atoms. The quantitative estimate of drug-likeness (QED) is 0.872. The van der Waals surface area contributed by atoms with Crippen LogP contribution in [0.5, 0.6) is 0 Å². The van der Waals surface area contributed by atoms with E-state index in [0.29, 0.717) is 16.4 Å². The van der Waals surface area contributed by atoms with Crippen LogP contribution in [-0.2, 0) is 22.6 Å². The fourth-order valence-corrected chi connectivity index (χ4v) is 1.93. The summed E-state index contributed by atoms with van der Waals surface area (Å²) in [6, 6.07) is 5.17. The number of halogens is 1. The SMILES string of the molecule is Cc1ccc(Cl)cc1NC(=O)Cn1nncc1CC(=O)O. The third-order valence-electron chi connectivity index (χ3n) is 2.80. The number of nitrogens with one attached hydrogen (secondary N) is 1. The van der Waals surface area contributed by atoms with Gasteiger partial charge in [-0.05, 0) is 24.6 Å². The van der Waals surface area contributed by atoms with Gasteiger partial charge in [0.15, 0.2) is 0 Å². The lowest BCUT2D eigenvalue weighted by Crippen LogP contribution is -2.22. The zero-order chi connectivity index (χ0) is 15.4. The molecular formula is C13H13ClN4O3. The van der Waals surface area contributed by atoms with Gasteiger partial charge in [-0.2, -0.15) is 0 Å². The number of hydrogen-bond acceptors (Lipinski definition) is 4. The third-order valence-corrected chi connectivity index (χ3v) is 3.03. The lowest BCUT2D eigenvalue weighted by Gasteiger charge is -2.09. The molecule has 0 aliphatic rings. The Morgan fingerprint density at radius 1 is 1.43 bits per heavy atom. The topological polar surface area (TPSA) is 97.1 Å². The van der Waals surface area contributed by atoms with Crippen molar-refractivity contribution in [2.75, 3.05) is 5.32 Å². The number of hydrogen-bond donors (Lipinski definition) is 2. The van der Waals surface area contributed by atoms with Crippen molar-refractivity contribution in [1.82, 2.24) is 15.0 Å². The normalized spacial score (nSPS) is 10.4. The molecule has 1 aromatic heterocycles. The van der Waals surface area contributed by atoms with Gasteiger partial charge in [-0.15, -0.1) is 5.10 Å². The van der Waals surface area contributed by atoms with Crippen molar-refractivity contribution in [3.05, 3.63) is 40.7 Å². The smallest absolute Gasteiger partial charge is 0.309 e. The largest absolute Gasteiger partial charge is 0.481 e. The van der Waals surface area contributed by atoms with Crippen molar-refractivity contribution >= 4 is 29.2 Å². The predicted octanol–water partition coefficient (Wildman–Crippen LogP) is 1.51. The maximum absolute atomic E-state index is 12.0. The van der Waals surface area contributed by atoms with E-state index in [1.54, 1.807) is 18.2 Å². The Morgan fingerprint density at radius 3 is 2.90 bits per heavy atom. The minimum atomic E-state index is -1.01. The van der Waals surface area contributed by atoms with Gasteiger partial charge in [0.05, 0.1) is 18.3 Å². The molecule has 0 fully saturated rings. The first-order chi connectivity index (χ1) is 9.95. The van der Waals surface area contributed by atoms with Crippen LogP contribution in [0.25, 0.3) is 0 Å². The number of aryl methyl sites for hydroxylation is 1. The molecule has 1 heterocycles. The highest BCUT2D eigenvalue weighted by atomic mass is 35.5. The number of anilines is 1. The molecular weight excluding hydrogens is 296 g/mol. The average Bonchev–Trinajstić information content (AvgIpc) is 2.80. The molecule has 7 nitrogen and oxygen atoms in total. The minimum absolute atomic E-state index is 0.117. The van der Waals surface area contributed by atoms with Crippen LogP contribution in [0.3, 0.4) is 0 Å². The van der Waals surface area contributed by atoms with Gasteiger partial charge in [0.1, 0.15) is 6.54 Å². The summed E-state index contributed by atoms with van der Waals surface area (Å²) in [7, 11) is 0. The highest BCUT2D eigenvalue weighted by Gasteiger charge is 2.12. The molecule has 0 radical (unpaired) electrons. The summed E-state index contributed by atoms with van der Waals surface area (Å²) >= 11 is 5.88. The molecule has 0 spiro atoms. The van der Waals surface area contributed by atoms with E-state index in [1.807, 2.05) is 6.92 Å². The number of benzene rings is 1. The van der Waals surface area contributed by atoms with Crippen LogP contribution in [0.15, 0.2) is 24.4 Å². The molecule has 8 heteroatoms. The summed E-state index contributed by atoms with van der Waals surface area (Å²) < 4.78 is 1.25. The predicted molar refractivity (Wildman–Crippen MR) is 76.2 cm³/mol. The molecule has 110 valence electrons. The van der Waals surface area contributed by atoms with Crippen LogP contribution in [0.2, 0.25) is 5.02 Å². The van der Waals surface area contributed by atoms with Crippen LogP contribution < -0.4 is 5.32 Å². The van der Waals surface area contributed by atoms with E-state index in [-0.39, 0.29) is 18.9 Å². The first-order valence-corrected chi connectivity index (χ1v) is 6.48. The van der Waals surface area contributed by atoms with Crippen LogP contribution in [-0.4, -0.2) is 32.0 Å². The number of aromatic nitrogens is 3. The first-order valence-electron chi connectivity index (χ1n) is 6.11. The van der Waals surface area contributed by atoms with Crippen molar-refractivity contribution in [2.45, 2.75) is 19.9 Å². The van der Waals surface area contributed by atoms with Crippen molar-refractivity contribution in [3.63, 3.8) is 0 Å². The van der Waals surface area contributed by atoms with Crippen LogP contribution in [0.4, 0.5) is 5.69 Å². The van der Waals surface area contributed by atoms with Gasteiger partial charge in [-0.3, -0.25) is 9.59 Å². The Balaban J connectivity index is 2.07. The van der Waals surface area contributed by atoms with Crippen molar-refractivity contribution in [3.8, 4) is 0 Å². The zero-order valence-electron chi connectivity index (χ0n) is 11.2. The second-order valence-corrected chi connectivity index (χ2v) is 4.90. The van der Waals surface area contributed by atoms with Gasteiger partial charge in [-0.25, -0.2) is 4.68 Å². The number of carbonyl (C=O) groups excluding carboxylic acids is 1. The maximum atomic E-state index is 12.0. The Hall–Kier alpha value is -2.41. The van der Waals surface area contributed by atoms with E-state index >= 15 is 0 Å². The fourth-order valence-electron chi connectivity index (χ4n) is 1.76. The summed E-state index contributed by atoms with van der Waals surface area (Å²) in [4.78, 5) is 22.7. The van der Waals surface area contributed by atoms with Crippen molar-refractivity contribution in [1.29, 1.82) is 0 Å². The Morgan fingerprint density at radius 2 is 2.19 bits per heavy atom. The molecule has 21 heavy (non-hydrogen) atoms. The second kappa shape index (κ2) is 6.36. The number of amides is 1. The monoisotopic (exact) mass is 308 g/mol. The summed E-state index contributed by atoms with van der Waals surface area (Å²) in [6.45, 7) is 1.73. The molecule has 1 aromatic carbocycles. The number of carboxylic acids is 1. The third kappa shape index (κ3) is 4.03. The summed E-state index contributed by atoms with van der Waals surface area (Å²) in [5, 5.41) is 19.3. The molecule has 0 saturated carbocycles. The van der Waals surface area contributed by atoms with Crippen LogP contribution in [0, 0.1) is 6.92 Å². The number of carboxylic acid groups (broad SMARTS) is 1. The van der Waals surface area contributed by atoms with Gasteiger partial charge in [0, 0.05) is 10.7 Å². The standard InChI is InChI=1S/C13H13ClN4O3/c1-8-2-3-9(14)4-11(8)16-12(19)7-18-10(5-13(20)21)6-15-17-18/h2-4,6H,5,7H2,1H3,(H,16,19)(H,20,21). The average molecular weight is 309 g/mol. The maximum Gasteiger partial charge on any atom is 0.309 e. The number of carbonyl (C=O) groups is 2. The Bertz CT molecular complexity index is 684. The number of aliphatic carboxylic acids is 1. The molecule has 0 unspecified atom stereocenters. The molecule has 2 aromatic rings. The minimum Gasteiger partial charge on any atom is -0.481 e. The molecule has 0 atom stereocenters. The first kappa shape index (κ1) is 15.0. The molecule has 0 saturated heterocycles. The zero-order valence-corrected chi connectivity index (χ0v) is 12.0. The van der Waals surface area contributed by atoms with E-state index in [1.165, 1.54) is 10.9 Å². The highest BCUT2D eigenvalue weighted by Crippen LogP contribution is 2.20. The fraction of sp³-hybridized carbons (Fsp3) is 0.231. The molecule has 2 N–H and O–H groups in total. The number of nitrogens with zero attached hydrogens (tertiary/aromatic N) is 3. The van der Waals surface area contributed by atoms with Gasteiger partial charge in [0.2, 0.25) is 5.91 Å². The van der Waals surface area contributed by atoms with Crippen LogP contribution >= 0.6 is 11.6 Å². The lowest BCUT2D eigenvalue weighted by molar-refractivity contribution is -0.136. The van der Waals surface area contributed by atoms with E-state index in [4.69, 9.17) is 16.7 Å². The number of rotatable bonds is 5. The summed E-state index contributed by atoms with van der Waals surface area (Å²) in [5.41, 5.74) is 1.84. The van der Waals surface area contributed by atoms with E-state index in [0.717, 1.165) is 5.56 Å².